The number of aromatic nitrogens is 3. The van der Waals surface area contributed by atoms with Crippen molar-refractivity contribution in [3.63, 3.8) is 0 Å². The normalized spacial score (nSPS) is 12.1. The molecule has 2 aromatic heterocycles. The standard InChI is InChI=1S/C20H27N5O2S/c1-6-24(7-2)28(26,27)19-11-17(9-8-14(19)3)21-12-18-13-25-16(5)10-15(4)22-20(25)23-18/h8-11,13,21H,6-7,12H2,1-5H3. The molecule has 3 rings (SSSR count). The van der Waals surface area contributed by atoms with Crippen molar-refractivity contribution in [3.8, 4) is 0 Å². The topological polar surface area (TPSA) is 79.6 Å². The molecule has 150 valence electrons. The highest BCUT2D eigenvalue weighted by Gasteiger charge is 2.23. The molecule has 8 heteroatoms. The van der Waals surface area contributed by atoms with Gasteiger partial charge in [-0.1, -0.05) is 19.9 Å². The lowest BCUT2D eigenvalue weighted by molar-refractivity contribution is 0.445. The smallest absolute Gasteiger partial charge is 0.243 e. The van der Waals surface area contributed by atoms with Gasteiger partial charge in [0.2, 0.25) is 15.8 Å². The van der Waals surface area contributed by atoms with Gasteiger partial charge in [-0.15, -0.1) is 0 Å². The average Bonchev–Trinajstić information content (AvgIpc) is 3.05. The van der Waals surface area contributed by atoms with Gasteiger partial charge in [-0.3, -0.25) is 4.40 Å². The maximum absolute atomic E-state index is 12.9. The number of nitrogens with zero attached hydrogens (tertiary/aromatic N) is 4. The van der Waals surface area contributed by atoms with E-state index in [1.165, 1.54) is 4.31 Å². The number of nitrogens with one attached hydrogen (secondary N) is 1. The lowest BCUT2D eigenvalue weighted by Gasteiger charge is -2.20. The van der Waals surface area contributed by atoms with Crippen LogP contribution in [0.1, 0.15) is 36.5 Å². The van der Waals surface area contributed by atoms with Crippen LogP contribution in [-0.2, 0) is 16.6 Å². The molecule has 0 aliphatic heterocycles. The second-order valence-corrected chi connectivity index (χ2v) is 8.77. The molecule has 0 spiro atoms. The van der Waals surface area contributed by atoms with Crippen molar-refractivity contribution >= 4 is 21.5 Å². The highest BCUT2D eigenvalue weighted by molar-refractivity contribution is 7.89. The first kappa shape index (κ1) is 20.3. The summed E-state index contributed by atoms with van der Waals surface area (Å²) >= 11 is 0. The van der Waals surface area contributed by atoms with Gasteiger partial charge in [0.15, 0.2) is 0 Å². The molecule has 0 amide bonds. The Hall–Kier alpha value is -2.45. The predicted molar refractivity (Wildman–Crippen MR) is 111 cm³/mol. The van der Waals surface area contributed by atoms with Crippen LogP contribution < -0.4 is 5.32 Å². The maximum atomic E-state index is 12.9. The van der Waals surface area contributed by atoms with Gasteiger partial charge in [0.1, 0.15) is 0 Å². The van der Waals surface area contributed by atoms with E-state index in [1.54, 1.807) is 6.07 Å². The van der Waals surface area contributed by atoms with Gasteiger partial charge in [-0.05, 0) is 44.5 Å². The van der Waals surface area contributed by atoms with Crippen LogP contribution >= 0.6 is 0 Å². The zero-order valence-electron chi connectivity index (χ0n) is 17.0. The number of hydrogen-bond acceptors (Lipinski definition) is 5. The summed E-state index contributed by atoms with van der Waals surface area (Å²) in [5, 5.41) is 3.28. The Morgan fingerprint density at radius 2 is 1.79 bits per heavy atom. The molecule has 3 aromatic rings. The van der Waals surface area contributed by atoms with E-state index in [0.29, 0.717) is 30.3 Å². The molecule has 0 radical (unpaired) electrons. The average molecular weight is 402 g/mol. The van der Waals surface area contributed by atoms with Crippen LogP contribution in [0.25, 0.3) is 5.78 Å². The number of imidazole rings is 1. The fourth-order valence-corrected chi connectivity index (χ4v) is 5.00. The minimum absolute atomic E-state index is 0.337. The summed E-state index contributed by atoms with van der Waals surface area (Å²) in [7, 11) is -3.50. The van der Waals surface area contributed by atoms with E-state index in [1.807, 2.05) is 63.4 Å². The minimum Gasteiger partial charge on any atom is -0.379 e. The first-order valence-corrected chi connectivity index (χ1v) is 10.9. The van der Waals surface area contributed by atoms with Crippen molar-refractivity contribution < 1.29 is 8.42 Å². The minimum atomic E-state index is -3.50. The summed E-state index contributed by atoms with van der Waals surface area (Å²) in [5.74, 6) is 0.669. The number of sulfonamides is 1. The zero-order chi connectivity index (χ0) is 20.5. The lowest BCUT2D eigenvalue weighted by atomic mass is 10.2. The molecule has 0 saturated carbocycles. The monoisotopic (exact) mass is 401 g/mol. The van der Waals surface area contributed by atoms with Gasteiger partial charge in [0.05, 0.1) is 17.1 Å². The van der Waals surface area contributed by atoms with Crippen LogP contribution in [0.2, 0.25) is 0 Å². The van der Waals surface area contributed by atoms with Crippen molar-refractivity contribution in [3.05, 3.63) is 53.1 Å². The summed E-state index contributed by atoms with van der Waals surface area (Å²) in [6.45, 7) is 10.9. The van der Waals surface area contributed by atoms with Crippen LogP contribution in [0.4, 0.5) is 5.69 Å². The van der Waals surface area contributed by atoms with Crippen LogP contribution in [0.15, 0.2) is 35.4 Å². The first-order valence-electron chi connectivity index (χ1n) is 9.43. The van der Waals surface area contributed by atoms with E-state index < -0.39 is 10.0 Å². The summed E-state index contributed by atoms with van der Waals surface area (Å²) in [6.07, 6.45) is 1.95. The number of anilines is 1. The fourth-order valence-electron chi connectivity index (χ4n) is 3.29. The highest BCUT2D eigenvalue weighted by Crippen LogP contribution is 2.24. The molecular formula is C20H27N5O2S. The van der Waals surface area contributed by atoms with Gasteiger partial charge >= 0.3 is 0 Å². The van der Waals surface area contributed by atoms with Crippen LogP contribution in [0, 0.1) is 20.8 Å². The molecule has 2 heterocycles. The molecule has 0 saturated heterocycles. The van der Waals surface area contributed by atoms with Crippen molar-refractivity contribution in [2.45, 2.75) is 46.1 Å². The summed E-state index contributed by atoms with van der Waals surface area (Å²) in [4.78, 5) is 9.34. The quantitative estimate of drug-likeness (QED) is 0.657. The van der Waals surface area contributed by atoms with Gasteiger partial charge < -0.3 is 5.32 Å². The largest absolute Gasteiger partial charge is 0.379 e. The molecular weight excluding hydrogens is 374 g/mol. The van der Waals surface area contributed by atoms with Crippen molar-refractivity contribution in [1.29, 1.82) is 0 Å². The van der Waals surface area contributed by atoms with E-state index in [4.69, 9.17) is 0 Å². The molecule has 7 nitrogen and oxygen atoms in total. The third-order valence-electron chi connectivity index (χ3n) is 4.80. The second-order valence-electron chi connectivity index (χ2n) is 6.86. The van der Waals surface area contributed by atoms with E-state index in [2.05, 4.69) is 15.3 Å². The van der Waals surface area contributed by atoms with Crippen molar-refractivity contribution in [1.82, 2.24) is 18.7 Å². The molecule has 1 N–H and O–H groups in total. The Morgan fingerprint density at radius 1 is 1.07 bits per heavy atom. The Balaban J connectivity index is 1.85. The predicted octanol–water partition coefficient (Wildman–Crippen LogP) is 3.30. The van der Waals surface area contributed by atoms with Gasteiger partial charge in [0, 0.05) is 36.4 Å². The summed E-state index contributed by atoms with van der Waals surface area (Å²) in [5.41, 5.74) is 4.33. The fraction of sp³-hybridized carbons (Fsp3) is 0.400. The second kappa shape index (κ2) is 7.89. The Bertz CT molecular complexity index is 1100. The highest BCUT2D eigenvalue weighted by atomic mass is 32.2. The van der Waals surface area contributed by atoms with E-state index in [-0.39, 0.29) is 0 Å². The molecule has 0 aliphatic rings. The molecule has 28 heavy (non-hydrogen) atoms. The molecule has 0 aliphatic carbocycles. The molecule has 0 unspecified atom stereocenters. The Labute approximate surface area is 166 Å². The Morgan fingerprint density at radius 3 is 2.46 bits per heavy atom. The van der Waals surface area contributed by atoms with Crippen LogP contribution in [-0.4, -0.2) is 40.2 Å². The number of rotatable bonds is 7. The lowest BCUT2D eigenvalue weighted by Crippen LogP contribution is -2.31. The van der Waals surface area contributed by atoms with Crippen LogP contribution in [0.3, 0.4) is 0 Å². The zero-order valence-corrected chi connectivity index (χ0v) is 17.8. The van der Waals surface area contributed by atoms with Gasteiger partial charge in [0.25, 0.3) is 0 Å². The van der Waals surface area contributed by atoms with E-state index in [9.17, 15) is 8.42 Å². The van der Waals surface area contributed by atoms with Gasteiger partial charge in [-0.25, -0.2) is 18.4 Å². The summed E-state index contributed by atoms with van der Waals surface area (Å²) in [6, 6.07) is 7.43. The first-order chi connectivity index (χ1) is 13.3. The van der Waals surface area contributed by atoms with E-state index in [0.717, 1.165) is 28.3 Å². The third kappa shape index (κ3) is 3.88. The maximum Gasteiger partial charge on any atom is 0.243 e. The van der Waals surface area contributed by atoms with E-state index >= 15 is 0 Å². The molecule has 0 fully saturated rings. The van der Waals surface area contributed by atoms with Crippen LogP contribution in [0.5, 0.6) is 0 Å². The number of fused-ring (bicyclic) bond motifs is 1. The summed E-state index contributed by atoms with van der Waals surface area (Å²) < 4.78 is 29.2. The number of hydrogen-bond donors (Lipinski definition) is 1. The Kier molecular flexibility index (Phi) is 5.71. The molecule has 1 aromatic carbocycles. The third-order valence-corrected chi connectivity index (χ3v) is 6.99. The van der Waals surface area contributed by atoms with Gasteiger partial charge in [-0.2, -0.15) is 4.31 Å². The SMILES string of the molecule is CCN(CC)S(=O)(=O)c1cc(NCc2cn3c(C)cc(C)nc3n2)ccc1C. The van der Waals surface area contributed by atoms with Crippen molar-refractivity contribution in [2.75, 3.05) is 18.4 Å². The number of benzene rings is 1. The van der Waals surface area contributed by atoms with Crippen molar-refractivity contribution in [2.24, 2.45) is 0 Å². The number of aryl methyl sites for hydroxylation is 3. The molecule has 0 atom stereocenters. The molecule has 0 bridgehead atoms.